The Morgan fingerprint density at radius 1 is 1.21 bits per heavy atom. The molecule has 0 unspecified atom stereocenters. The van der Waals surface area contributed by atoms with Crippen LogP contribution in [0.2, 0.25) is 0 Å². The summed E-state index contributed by atoms with van der Waals surface area (Å²) in [6, 6.07) is 13.7. The highest BCUT2D eigenvalue weighted by molar-refractivity contribution is 7.90. The van der Waals surface area contributed by atoms with Crippen molar-refractivity contribution in [2.24, 2.45) is 0 Å². The number of sulfone groups is 1. The minimum absolute atomic E-state index is 0. The van der Waals surface area contributed by atoms with Gasteiger partial charge in [-0.05, 0) is 31.2 Å². The average molecular weight is 420 g/mol. The maximum atomic E-state index is 12.8. The van der Waals surface area contributed by atoms with Gasteiger partial charge in [0.05, 0.1) is 28.6 Å². The van der Waals surface area contributed by atoms with Crippen molar-refractivity contribution in [2.45, 2.75) is 17.6 Å². The third-order valence-corrected chi connectivity index (χ3v) is 6.07. The molecule has 2 N–H and O–H groups in total. The summed E-state index contributed by atoms with van der Waals surface area (Å²) in [7, 11) is -3.59. The maximum Gasteiger partial charge on any atom is 0.359 e. The average Bonchev–Trinajstić information content (AvgIpc) is 3.01. The van der Waals surface area contributed by atoms with Gasteiger partial charge in [-0.2, -0.15) is 5.10 Å². The summed E-state index contributed by atoms with van der Waals surface area (Å²) >= 11 is 0. The molecule has 0 bridgehead atoms. The van der Waals surface area contributed by atoms with E-state index in [9.17, 15) is 13.2 Å². The Labute approximate surface area is 168 Å². The lowest BCUT2D eigenvalue weighted by molar-refractivity contribution is 0.0518. The quantitative estimate of drug-likeness (QED) is 0.517. The van der Waals surface area contributed by atoms with Crippen molar-refractivity contribution in [2.75, 3.05) is 12.3 Å². The van der Waals surface area contributed by atoms with Crippen molar-refractivity contribution >= 4 is 33.9 Å². The summed E-state index contributed by atoms with van der Waals surface area (Å²) in [5, 5.41) is 4.41. The van der Waals surface area contributed by atoms with Gasteiger partial charge in [-0.3, -0.25) is 0 Å². The van der Waals surface area contributed by atoms with Crippen molar-refractivity contribution in [1.82, 2.24) is 9.78 Å². The number of ether oxygens (including phenoxy) is 1. The van der Waals surface area contributed by atoms with Crippen molar-refractivity contribution in [3.05, 3.63) is 59.8 Å². The number of hydrogen-bond donors (Lipinski definition) is 1. The van der Waals surface area contributed by atoms with Crippen LogP contribution in [0.5, 0.6) is 0 Å². The smallest absolute Gasteiger partial charge is 0.359 e. The van der Waals surface area contributed by atoms with Crippen LogP contribution in [0.3, 0.4) is 0 Å². The minimum atomic E-state index is -3.59. The molecule has 0 aliphatic carbocycles. The molecule has 0 spiro atoms. The second-order valence-electron chi connectivity index (χ2n) is 6.16. The Hall–Kier alpha value is -2.84. The molecule has 3 aromatic rings. The van der Waals surface area contributed by atoms with Crippen LogP contribution in [0.1, 0.15) is 23.0 Å². The first kappa shape index (κ1) is 19.9. The highest BCUT2D eigenvalue weighted by Crippen LogP contribution is 2.40. The molecule has 1 aliphatic heterocycles. The molecule has 0 atom stereocenters. The summed E-state index contributed by atoms with van der Waals surface area (Å²) in [6.07, 6.45) is 0. The molecule has 4 rings (SSSR count). The van der Waals surface area contributed by atoms with Gasteiger partial charge in [0.25, 0.3) is 0 Å². The first-order valence-corrected chi connectivity index (χ1v) is 10.0. The molecular formula is C19H18ClN3O4S. The number of halogens is 1. The molecule has 0 amide bonds. The monoisotopic (exact) mass is 419 g/mol. The summed E-state index contributed by atoms with van der Waals surface area (Å²) < 4.78 is 32.2. The number of rotatable bonds is 3. The van der Waals surface area contributed by atoms with Gasteiger partial charge < -0.3 is 10.5 Å². The number of anilines is 1. The Morgan fingerprint density at radius 3 is 2.68 bits per heavy atom. The first-order chi connectivity index (χ1) is 12.9. The van der Waals surface area contributed by atoms with Crippen LogP contribution in [-0.4, -0.2) is 30.8 Å². The SMILES string of the molecule is CCOC(=O)c1nn(-c2cccc(N)c2)c2c1CS(=O)(=O)c1ccccc1-2.Cl. The van der Waals surface area contributed by atoms with Crippen molar-refractivity contribution in [3.8, 4) is 16.9 Å². The van der Waals surface area contributed by atoms with E-state index in [2.05, 4.69) is 5.10 Å². The van der Waals surface area contributed by atoms with E-state index < -0.39 is 15.8 Å². The molecular weight excluding hydrogens is 402 g/mol. The molecule has 2 aromatic carbocycles. The Morgan fingerprint density at radius 2 is 1.96 bits per heavy atom. The Kier molecular flexibility index (Phi) is 5.18. The molecule has 1 aliphatic rings. The number of nitrogens with zero attached hydrogens (tertiary/aromatic N) is 2. The van der Waals surface area contributed by atoms with Crippen LogP contribution < -0.4 is 5.73 Å². The zero-order chi connectivity index (χ0) is 19.2. The number of nitrogen functional groups attached to an aromatic ring is 1. The van der Waals surface area contributed by atoms with Crippen LogP contribution in [0, 0.1) is 0 Å². The summed E-state index contributed by atoms with van der Waals surface area (Å²) in [4.78, 5) is 12.7. The minimum Gasteiger partial charge on any atom is -0.461 e. The van der Waals surface area contributed by atoms with E-state index in [4.69, 9.17) is 10.5 Å². The van der Waals surface area contributed by atoms with E-state index in [0.29, 0.717) is 28.2 Å². The second-order valence-corrected chi connectivity index (χ2v) is 8.12. The van der Waals surface area contributed by atoms with E-state index in [1.54, 1.807) is 60.1 Å². The number of hydrogen-bond acceptors (Lipinski definition) is 6. The van der Waals surface area contributed by atoms with Crippen LogP contribution in [0.4, 0.5) is 5.69 Å². The fraction of sp³-hybridized carbons (Fsp3) is 0.158. The van der Waals surface area contributed by atoms with Crippen LogP contribution in [0.15, 0.2) is 53.4 Å². The summed E-state index contributed by atoms with van der Waals surface area (Å²) in [5.74, 6) is -0.957. The number of carbonyl (C=O) groups is 1. The molecule has 0 radical (unpaired) electrons. The van der Waals surface area contributed by atoms with Crippen LogP contribution >= 0.6 is 12.4 Å². The third kappa shape index (κ3) is 3.14. The van der Waals surface area contributed by atoms with Crippen LogP contribution in [0.25, 0.3) is 16.9 Å². The second kappa shape index (κ2) is 7.29. The number of fused-ring (bicyclic) bond motifs is 3. The molecule has 28 heavy (non-hydrogen) atoms. The van der Waals surface area contributed by atoms with Crippen molar-refractivity contribution in [1.29, 1.82) is 0 Å². The molecule has 1 aromatic heterocycles. The molecule has 0 fully saturated rings. The van der Waals surface area contributed by atoms with Gasteiger partial charge in [0.1, 0.15) is 0 Å². The van der Waals surface area contributed by atoms with Gasteiger partial charge in [-0.25, -0.2) is 17.9 Å². The van der Waals surface area contributed by atoms with Gasteiger partial charge in [-0.1, -0.05) is 24.3 Å². The highest BCUT2D eigenvalue weighted by Gasteiger charge is 2.36. The predicted molar refractivity (Wildman–Crippen MR) is 108 cm³/mol. The van der Waals surface area contributed by atoms with E-state index >= 15 is 0 Å². The van der Waals surface area contributed by atoms with E-state index in [1.165, 1.54) is 0 Å². The molecule has 2 heterocycles. The molecule has 9 heteroatoms. The number of benzene rings is 2. The Bertz CT molecular complexity index is 1170. The fourth-order valence-electron chi connectivity index (χ4n) is 3.27. The number of nitrogens with two attached hydrogens (primary N) is 1. The van der Waals surface area contributed by atoms with Crippen molar-refractivity contribution < 1.29 is 17.9 Å². The number of aromatic nitrogens is 2. The largest absolute Gasteiger partial charge is 0.461 e. The lowest BCUT2D eigenvalue weighted by Crippen LogP contribution is -2.16. The standard InChI is InChI=1S/C19H17N3O4S.ClH/c1-2-26-19(23)17-15-11-27(24,25)16-9-4-3-8-14(16)18(15)22(21-17)13-7-5-6-12(20)10-13;/h3-10H,2,11,20H2,1H3;1H. The topological polar surface area (TPSA) is 104 Å². The van der Waals surface area contributed by atoms with Gasteiger partial charge >= 0.3 is 5.97 Å². The normalized spacial score (nSPS) is 13.8. The van der Waals surface area contributed by atoms with E-state index in [1.807, 2.05) is 0 Å². The van der Waals surface area contributed by atoms with E-state index in [-0.39, 0.29) is 35.4 Å². The van der Waals surface area contributed by atoms with Gasteiger partial charge in [0.2, 0.25) is 0 Å². The molecule has 0 saturated carbocycles. The van der Waals surface area contributed by atoms with Gasteiger partial charge in [0, 0.05) is 16.8 Å². The fourth-order valence-corrected chi connectivity index (χ4v) is 4.87. The summed E-state index contributed by atoms with van der Waals surface area (Å²) in [6.45, 7) is 1.85. The van der Waals surface area contributed by atoms with Gasteiger partial charge in [0.15, 0.2) is 15.5 Å². The first-order valence-electron chi connectivity index (χ1n) is 8.39. The number of esters is 1. The van der Waals surface area contributed by atoms with Gasteiger partial charge in [-0.15, -0.1) is 12.4 Å². The zero-order valence-electron chi connectivity index (χ0n) is 15.0. The van der Waals surface area contributed by atoms with Crippen LogP contribution in [-0.2, 0) is 20.3 Å². The Balaban J connectivity index is 0.00000225. The maximum absolute atomic E-state index is 12.8. The molecule has 0 saturated heterocycles. The summed E-state index contributed by atoms with van der Waals surface area (Å²) in [5.41, 5.74) is 8.48. The van der Waals surface area contributed by atoms with Crippen molar-refractivity contribution in [3.63, 3.8) is 0 Å². The lowest BCUT2D eigenvalue weighted by Gasteiger charge is -2.19. The molecule has 146 valence electrons. The number of carbonyl (C=O) groups excluding carboxylic acids is 1. The van der Waals surface area contributed by atoms with E-state index in [0.717, 1.165) is 0 Å². The third-order valence-electron chi connectivity index (χ3n) is 4.38. The highest BCUT2D eigenvalue weighted by atomic mass is 35.5. The molecule has 7 nitrogen and oxygen atoms in total. The predicted octanol–water partition coefficient (Wildman–Crippen LogP) is 3.01. The zero-order valence-corrected chi connectivity index (χ0v) is 16.6. The lowest BCUT2D eigenvalue weighted by atomic mass is 10.1.